The molecule has 0 heterocycles. The van der Waals surface area contributed by atoms with E-state index in [1.807, 2.05) is 0 Å². The molecule has 1 radical (unpaired) electrons. The van der Waals surface area contributed by atoms with Crippen molar-refractivity contribution < 1.29 is 39.9 Å². The van der Waals surface area contributed by atoms with Crippen LogP contribution in [-0.2, 0) is 42.6 Å². The van der Waals surface area contributed by atoms with E-state index in [1.165, 1.54) is 0 Å². The van der Waals surface area contributed by atoms with Crippen LogP contribution in [0.25, 0.3) is 0 Å². The molecule has 0 bridgehead atoms. The molecule has 7 heavy (non-hydrogen) atoms. The Kier molecular flexibility index (Phi) is 7.92. The molecule has 0 N–H and O–H groups in total. The minimum absolute atomic E-state index is 0. The van der Waals surface area contributed by atoms with Crippen molar-refractivity contribution in [3.63, 3.8) is 0 Å². The van der Waals surface area contributed by atoms with Crippen LogP contribution in [0.15, 0.2) is 0 Å². The average molecular weight is 236 g/mol. The van der Waals surface area contributed by atoms with Gasteiger partial charge in [0, 0.05) is 20.2 Å². The van der Waals surface area contributed by atoms with Gasteiger partial charge >= 0.3 is 22.4 Å². The topological polar surface area (TPSA) is 80.3 Å². The van der Waals surface area contributed by atoms with Gasteiger partial charge < -0.3 is 9.11 Å². The molecular formula is AgO4S2. The van der Waals surface area contributed by atoms with Crippen molar-refractivity contribution in [2.24, 2.45) is 0 Å². The van der Waals surface area contributed by atoms with Crippen molar-refractivity contribution in [3.05, 3.63) is 0 Å². The zero-order chi connectivity index (χ0) is 5.15. The molecular weight excluding hydrogens is 236 g/mol. The van der Waals surface area contributed by atoms with Crippen molar-refractivity contribution in [1.29, 1.82) is 0 Å². The summed E-state index contributed by atoms with van der Waals surface area (Å²) in [6, 6.07) is 0. The van der Waals surface area contributed by atoms with Crippen LogP contribution >= 0.6 is 0 Å². The van der Waals surface area contributed by atoms with Gasteiger partial charge in [0.25, 0.3) is 0 Å². The Bertz CT molecular complexity index is 75.7. The molecule has 0 aliphatic heterocycles. The third-order valence-electron chi connectivity index (χ3n) is 0.111. The summed E-state index contributed by atoms with van der Waals surface area (Å²) in [4.78, 5) is 0. The molecule has 0 rings (SSSR count). The molecule has 0 fully saturated rings. The summed E-state index contributed by atoms with van der Waals surface area (Å²) in [5.74, 6) is 0. The van der Waals surface area contributed by atoms with Gasteiger partial charge in [-0.25, -0.2) is 0 Å². The van der Waals surface area contributed by atoms with Crippen LogP contribution in [0.3, 0.4) is 0 Å². The van der Waals surface area contributed by atoms with E-state index in [0.29, 0.717) is 0 Å². The monoisotopic (exact) mass is 235 g/mol. The number of rotatable bonds is 1. The fourth-order valence-corrected chi connectivity index (χ4v) is 0. The van der Waals surface area contributed by atoms with Gasteiger partial charge in [0.2, 0.25) is 0 Å². The molecule has 0 amide bonds. The summed E-state index contributed by atoms with van der Waals surface area (Å²) >= 11 is 0. The second kappa shape index (κ2) is 5.10. The SMILES string of the molecule is O=S([O-])S(=O)[O-].[Ag+2]. The molecule has 2 unspecified atom stereocenters. The van der Waals surface area contributed by atoms with Gasteiger partial charge in [-0.05, 0) is 0 Å². The summed E-state index contributed by atoms with van der Waals surface area (Å²) < 4.78 is 36.3. The quantitative estimate of drug-likeness (QED) is 0.320. The minimum Gasteiger partial charge on any atom is -0.763 e. The summed E-state index contributed by atoms with van der Waals surface area (Å²) in [6.07, 6.45) is 0. The Labute approximate surface area is 60.2 Å². The Hall–Kier alpha value is 0.960. The second-order valence-corrected chi connectivity index (χ2v) is 2.86. The summed E-state index contributed by atoms with van der Waals surface area (Å²) in [7, 11) is -5.90. The first-order valence-corrected chi connectivity index (χ1v) is 3.50. The van der Waals surface area contributed by atoms with Gasteiger partial charge in [0.05, 0.1) is 0 Å². The van der Waals surface area contributed by atoms with E-state index in [2.05, 4.69) is 0 Å². The molecule has 7 heteroatoms. The standard InChI is InChI=1S/Ag.H2O4S2/c;1-5(2)6(3)4/h;(H,1,2)(H,3,4)/q+2;/p-2. The van der Waals surface area contributed by atoms with Gasteiger partial charge in [-0.15, -0.1) is 0 Å². The van der Waals surface area contributed by atoms with Gasteiger partial charge in [-0.1, -0.05) is 0 Å². The first kappa shape index (κ1) is 10.9. The maximum Gasteiger partial charge on any atom is 2.00 e. The van der Waals surface area contributed by atoms with Crippen molar-refractivity contribution in [2.45, 2.75) is 0 Å². The maximum atomic E-state index is 9.09. The van der Waals surface area contributed by atoms with Gasteiger partial charge in [0.15, 0.2) is 0 Å². The smallest absolute Gasteiger partial charge is 0.763 e. The molecule has 0 aromatic carbocycles. The van der Waals surface area contributed by atoms with Crippen LogP contribution < -0.4 is 0 Å². The van der Waals surface area contributed by atoms with E-state index < -0.39 is 20.2 Å². The first-order valence-electron chi connectivity index (χ1n) is 0.833. The zero-order valence-corrected chi connectivity index (χ0v) is 5.87. The average Bonchev–Trinajstić information content (AvgIpc) is 1.36. The van der Waals surface area contributed by atoms with Crippen LogP contribution in [0.5, 0.6) is 0 Å². The Balaban J connectivity index is 0. The fraction of sp³-hybridized carbons (Fsp3) is 0. The maximum absolute atomic E-state index is 9.09. The number of hydrogen-bond donors (Lipinski definition) is 0. The first-order chi connectivity index (χ1) is 2.64. The Morgan fingerprint density at radius 3 is 1.14 bits per heavy atom. The van der Waals surface area contributed by atoms with E-state index in [-0.39, 0.29) is 22.4 Å². The van der Waals surface area contributed by atoms with E-state index >= 15 is 0 Å². The van der Waals surface area contributed by atoms with Crippen LogP contribution in [0, 0.1) is 0 Å². The predicted molar refractivity (Wildman–Crippen MR) is 17.8 cm³/mol. The van der Waals surface area contributed by atoms with E-state index in [1.54, 1.807) is 0 Å². The Morgan fingerprint density at radius 2 is 1.14 bits per heavy atom. The van der Waals surface area contributed by atoms with Gasteiger partial charge in [-0.3, -0.25) is 8.42 Å². The molecule has 47 valence electrons. The van der Waals surface area contributed by atoms with Crippen LogP contribution in [0.2, 0.25) is 0 Å². The molecule has 0 aromatic rings. The van der Waals surface area contributed by atoms with Crippen LogP contribution in [0.1, 0.15) is 0 Å². The van der Waals surface area contributed by atoms with Crippen molar-refractivity contribution in [2.75, 3.05) is 0 Å². The van der Waals surface area contributed by atoms with E-state index in [9.17, 15) is 0 Å². The molecule has 2 atom stereocenters. The van der Waals surface area contributed by atoms with E-state index in [0.717, 1.165) is 0 Å². The normalized spacial score (nSPS) is 16.9. The van der Waals surface area contributed by atoms with Gasteiger partial charge in [0.1, 0.15) is 0 Å². The van der Waals surface area contributed by atoms with E-state index in [4.69, 9.17) is 17.5 Å². The van der Waals surface area contributed by atoms with Crippen molar-refractivity contribution in [3.8, 4) is 0 Å². The molecule has 4 nitrogen and oxygen atoms in total. The molecule has 0 saturated carbocycles. The fourth-order valence-electron chi connectivity index (χ4n) is 0. The zero-order valence-electron chi connectivity index (χ0n) is 2.75. The van der Waals surface area contributed by atoms with Crippen LogP contribution in [-0.4, -0.2) is 17.5 Å². The summed E-state index contributed by atoms with van der Waals surface area (Å²) in [5, 5.41) is 0. The van der Waals surface area contributed by atoms with Crippen molar-refractivity contribution in [1.82, 2.24) is 0 Å². The molecule has 0 aliphatic carbocycles. The Morgan fingerprint density at radius 1 is 1.00 bits per heavy atom. The van der Waals surface area contributed by atoms with Crippen molar-refractivity contribution >= 4 is 20.2 Å². The summed E-state index contributed by atoms with van der Waals surface area (Å²) in [6.45, 7) is 0. The molecule has 0 saturated heterocycles. The third-order valence-corrected chi connectivity index (χ3v) is 1.00. The molecule has 0 aliphatic rings. The number of hydrogen-bond acceptors (Lipinski definition) is 4. The third kappa shape index (κ3) is 6.96. The molecule has 0 spiro atoms. The predicted octanol–water partition coefficient (Wildman–Crippen LogP) is -1.34. The van der Waals surface area contributed by atoms with Crippen LogP contribution in [0.4, 0.5) is 0 Å². The minimum atomic E-state index is -2.95. The largest absolute Gasteiger partial charge is 2.00 e. The summed E-state index contributed by atoms with van der Waals surface area (Å²) in [5.41, 5.74) is 0. The second-order valence-electron chi connectivity index (χ2n) is 0.408. The molecule has 0 aromatic heterocycles. The van der Waals surface area contributed by atoms with Gasteiger partial charge in [-0.2, -0.15) is 0 Å².